The van der Waals surface area contributed by atoms with E-state index >= 15 is 0 Å². The summed E-state index contributed by atoms with van der Waals surface area (Å²) in [5.41, 5.74) is 1.33. The molecule has 0 radical (unpaired) electrons. The fourth-order valence-corrected chi connectivity index (χ4v) is 2.65. The second kappa shape index (κ2) is 5.98. The lowest BCUT2D eigenvalue weighted by atomic mass is 10.1. The molecule has 2 nitrogen and oxygen atoms in total. The molecule has 0 bridgehead atoms. The Kier molecular flexibility index (Phi) is 4.61. The molecule has 2 rings (SSSR count). The predicted molar refractivity (Wildman–Crippen MR) is 74.4 cm³/mol. The van der Waals surface area contributed by atoms with Gasteiger partial charge in [0.25, 0.3) is 0 Å². The van der Waals surface area contributed by atoms with E-state index in [-0.39, 0.29) is 0 Å². The summed E-state index contributed by atoms with van der Waals surface area (Å²) in [7, 11) is 0. The van der Waals surface area contributed by atoms with Gasteiger partial charge in [-0.1, -0.05) is 59.8 Å². The zero-order valence-electron chi connectivity index (χ0n) is 9.60. The molecule has 3 heteroatoms. The molecule has 1 saturated heterocycles. The number of hydrogen-bond donors (Lipinski definition) is 0. The van der Waals surface area contributed by atoms with E-state index < -0.39 is 0 Å². The monoisotopic (exact) mass is 331 g/mol. The molecule has 1 aromatic rings. The highest BCUT2D eigenvalue weighted by molar-refractivity contribution is 14.1. The maximum absolute atomic E-state index is 5.94. The van der Waals surface area contributed by atoms with Crippen molar-refractivity contribution in [3.05, 3.63) is 35.9 Å². The first-order valence-corrected chi connectivity index (χ1v) is 7.39. The fourth-order valence-electron chi connectivity index (χ4n) is 2.13. The van der Waals surface area contributed by atoms with Gasteiger partial charge in [-0.05, 0) is 18.4 Å². The van der Waals surface area contributed by atoms with Crippen molar-refractivity contribution >= 4 is 22.6 Å². The molecule has 0 amide bonds. The first-order valence-electron chi connectivity index (χ1n) is 5.86. The second-order valence-electron chi connectivity index (χ2n) is 4.24. The van der Waals surface area contributed by atoms with Gasteiger partial charge in [0.1, 0.15) is 0 Å². The zero-order chi connectivity index (χ0) is 11.4. The van der Waals surface area contributed by atoms with Crippen molar-refractivity contribution in [1.82, 2.24) is 5.06 Å². The summed E-state index contributed by atoms with van der Waals surface area (Å²) in [6.07, 6.45) is 2.75. The molecule has 2 atom stereocenters. The van der Waals surface area contributed by atoms with Crippen molar-refractivity contribution in [1.29, 1.82) is 0 Å². The Hall–Kier alpha value is -0.130. The molecule has 0 saturated carbocycles. The van der Waals surface area contributed by atoms with E-state index in [1.807, 2.05) is 0 Å². The van der Waals surface area contributed by atoms with Gasteiger partial charge in [-0.15, -0.1) is 0 Å². The van der Waals surface area contributed by atoms with E-state index in [0.29, 0.717) is 12.1 Å². The molecule has 0 aromatic heterocycles. The van der Waals surface area contributed by atoms with Gasteiger partial charge in [0, 0.05) is 17.0 Å². The Morgan fingerprint density at radius 3 is 2.75 bits per heavy atom. The summed E-state index contributed by atoms with van der Waals surface area (Å²) in [6.45, 7) is 3.15. The minimum absolute atomic E-state index is 0.411. The lowest BCUT2D eigenvalue weighted by Crippen LogP contribution is -2.27. The van der Waals surface area contributed by atoms with Crippen LogP contribution in [0.4, 0.5) is 0 Å². The SMILES string of the molecule is CCC1CC(CI)ON1Cc1ccccc1. The third-order valence-electron chi connectivity index (χ3n) is 3.05. The number of rotatable bonds is 4. The van der Waals surface area contributed by atoms with Gasteiger partial charge in [-0.25, -0.2) is 0 Å². The summed E-state index contributed by atoms with van der Waals surface area (Å²) in [4.78, 5) is 5.94. The maximum Gasteiger partial charge on any atom is 0.0898 e. The van der Waals surface area contributed by atoms with E-state index in [0.717, 1.165) is 11.0 Å². The van der Waals surface area contributed by atoms with Gasteiger partial charge < -0.3 is 0 Å². The standard InChI is InChI=1S/C13H18INO/c1-2-12-8-13(9-14)16-15(12)10-11-6-4-3-5-7-11/h3-7,12-13H,2,8-10H2,1H3. The summed E-state index contributed by atoms with van der Waals surface area (Å²) in [6, 6.07) is 11.1. The number of halogens is 1. The molecule has 0 spiro atoms. The molecule has 1 fully saturated rings. The third kappa shape index (κ3) is 2.96. The highest BCUT2D eigenvalue weighted by atomic mass is 127. The molecule has 1 aliphatic rings. The van der Waals surface area contributed by atoms with Crippen LogP contribution in [-0.4, -0.2) is 21.6 Å². The minimum atomic E-state index is 0.411. The van der Waals surface area contributed by atoms with E-state index in [1.165, 1.54) is 18.4 Å². The lowest BCUT2D eigenvalue weighted by molar-refractivity contribution is -0.163. The van der Waals surface area contributed by atoms with Crippen molar-refractivity contribution < 1.29 is 4.84 Å². The Morgan fingerprint density at radius 1 is 1.38 bits per heavy atom. The van der Waals surface area contributed by atoms with Crippen LogP contribution < -0.4 is 0 Å². The highest BCUT2D eigenvalue weighted by Gasteiger charge is 2.31. The van der Waals surface area contributed by atoms with E-state index in [1.54, 1.807) is 0 Å². The van der Waals surface area contributed by atoms with Crippen molar-refractivity contribution in [3.8, 4) is 0 Å². The molecule has 0 aliphatic carbocycles. The second-order valence-corrected chi connectivity index (χ2v) is 5.12. The molecular formula is C13H18INO. The van der Waals surface area contributed by atoms with Gasteiger partial charge in [-0.3, -0.25) is 4.84 Å². The number of benzene rings is 1. The van der Waals surface area contributed by atoms with E-state index in [4.69, 9.17) is 4.84 Å². The smallest absolute Gasteiger partial charge is 0.0898 e. The molecule has 1 heterocycles. The quantitative estimate of drug-likeness (QED) is 0.619. The highest BCUT2D eigenvalue weighted by Crippen LogP contribution is 2.26. The molecule has 88 valence electrons. The molecule has 0 N–H and O–H groups in total. The first kappa shape index (κ1) is 12.3. The van der Waals surface area contributed by atoms with Gasteiger partial charge in [-0.2, -0.15) is 5.06 Å². The van der Waals surface area contributed by atoms with Crippen molar-refractivity contribution in [3.63, 3.8) is 0 Å². The summed E-state index contributed by atoms with van der Waals surface area (Å²) in [5.74, 6) is 0. The molecule has 1 aliphatic heterocycles. The summed E-state index contributed by atoms with van der Waals surface area (Å²) in [5, 5.41) is 2.17. The van der Waals surface area contributed by atoms with Crippen LogP contribution in [-0.2, 0) is 11.4 Å². The van der Waals surface area contributed by atoms with Gasteiger partial charge >= 0.3 is 0 Å². The van der Waals surface area contributed by atoms with Crippen LogP contribution in [0.5, 0.6) is 0 Å². The van der Waals surface area contributed by atoms with Crippen LogP contribution in [0.3, 0.4) is 0 Å². The Morgan fingerprint density at radius 2 is 2.12 bits per heavy atom. The first-order chi connectivity index (χ1) is 7.83. The molecule has 16 heavy (non-hydrogen) atoms. The van der Waals surface area contributed by atoms with Crippen LogP contribution in [0.15, 0.2) is 30.3 Å². The number of hydrogen-bond acceptors (Lipinski definition) is 2. The summed E-state index contributed by atoms with van der Waals surface area (Å²) >= 11 is 2.41. The summed E-state index contributed by atoms with van der Waals surface area (Å²) < 4.78 is 1.08. The van der Waals surface area contributed by atoms with Crippen LogP contribution >= 0.6 is 22.6 Å². The van der Waals surface area contributed by atoms with Crippen LogP contribution in [0.2, 0.25) is 0 Å². The third-order valence-corrected chi connectivity index (χ3v) is 4.03. The Labute approximate surface area is 111 Å². The Balaban J connectivity index is 1.98. The molecule has 2 unspecified atom stereocenters. The van der Waals surface area contributed by atoms with Crippen LogP contribution in [0, 0.1) is 0 Å². The fraction of sp³-hybridized carbons (Fsp3) is 0.538. The van der Waals surface area contributed by atoms with E-state index in [2.05, 4.69) is 64.9 Å². The number of alkyl halides is 1. The normalized spacial score (nSPS) is 26.1. The van der Waals surface area contributed by atoms with Crippen LogP contribution in [0.1, 0.15) is 25.3 Å². The lowest BCUT2D eigenvalue weighted by Gasteiger charge is -2.21. The minimum Gasteiger partial charge on any atom is -0.294 e. The zero-order valence-corrected chi connectivity index (χ0v) is 11.8. The largest absolute Gasteiger partial charge is 0.294 e. The topological polar surface area (TPSA) is 12.5 Å². The molecular weight excluding hydrogens is 313 g/mol. The maximum atomic E-state index is 5.94. The van der Waals surface area contributed by atoms with Gasteiger partial charge in [0.15, 0.2) is 0 Å². The van der Waals surface area contributed by atoms with Crippen molar-refractivity contribution in [2.45, 2.75) is 38.5 Å². The van der Waals surface area contributed by atoms with Gasteiger partial charge in [0.2, 0.25) is 0 Å². The number of nitrogens with zero attached hydrogens (tertiary/aromatic N) is 1. The van der Waals surface area contributed by atoms with Crippen molar-refractivity contribution in [2.24, 2.45) is 0 Å². The van der Waals surface area contributed by atoms with Crippen LogP contribution in [0.25, 0.3) is 0 Å². The Bertz CT molecular complexity index is 317. The van der Waals surface area contributed by atoms with Gasteiger partial charge in [0.05, 0.1) is 6.10 Å². The molecule has 1 aromatic carbocycles. The van der Waals surface area contributed by atoms with Crippen molar-refractivity contribution in [2.75, 3.05) is 4.43 Å². The predicted octanol–water partition coefficient (Wildman–Crippen LogP) is 3.41. The average Bonchev–Trinajstić information content (AvgIpc) is 2.73. The average molecular weight is 331 g/mol. The van der Waals surface area contributed by atoms with E-state index in [9.17, 15) is 0 Å². The number of hydroxylamine groups is 2.